The lowest BCUT2D eigenvalue weighted by molar-refractivity contribution is 0.190. The third kappa shape index (κ3) is 5.83. The maximum atomic E-state index is 13.2. The molecule has 7 heteroatoms. The number of hydrogen-bond donors (Lipinski definition) is 1. The van der Waals surface area contributed by atoms with Crippen LogP contribution in [-0.2, 0) is 13.1 Å². The van der Waals surface area contributed by atoms with E-state index in [1.54, 1.807) is 24.1 Å². The standard InChI is InChI=1S/C23H26FN3O3/c1-3-4-12-25-23(28)27(15-17-8-10-19(24)11-9-17)16-20-14-22(30-26-20)18-6-5-7-21(13-18)29-2/h5-11,13-14H,3-4,12,15-16H2,1-2H3,(H,25,28). The van der Waals surface area contributed by atoms with Crippen LogP contribution in [0.3, 0.4) is 0 Å². The van der Waals surface area contributed by atoms with Crippen molar-refractivity contribution in [1.29, 1.82) is 0 Å². The highest BCUT2D eigenvalue weighted by Gasteiger charge is 2.17. The van der Waals surface area contributed by atoms with Crippen molar-refractivity contribution >= 4 is 6.03 Å². The number of benzene rings is 2. The Morgan fingerprint density at radius 3 is 2.70 bits per heavy atom. The summed E-state index contributed by atoms with van der Waals surface area (Å²) in [7, 11) is 1.61. The van der Waals surface area contributed by atoms with Gasteiger partial charge in [0.15, 0.2) is 5.76 Å². The summed E-state index contributed by atoms with van der Waals surface area (Å²) < 4.78 is 24.0. The van der Waals surface area contributed by atoms with Crippen molar-refractivity contribution in [1.82, 2.24) is 15.4 Å². The van der Waals surface area contributed by atoms with Gasteiger partial charge in [0.2, 0.25) is 0 Å². The molecule has 2 amide bonds. The Hall–Kier alpha value is -3.35. The summed E-state index contributed by atoms with van der Waals surface area (Å²) in [5.41, 5.74) is 2.30. The van der Waals surface area contributed by atoms with Crippen LogP contribution in [0.4, 0.5) is 9.18 Å². The number of aromatic nitrogens is 1. The zero-order valence-corrected chi connectivity index (χ0v) is 17.2. The minimum atomic E-state index is -0.308. The number of halogens is 1. The zero-order chi connectivity index (χ0) is 21.3. The van der Waals surface area contributed by atoms with E-state index >= 15 is 0 Å². The monoisotopic (exact) mass is 411 g/mol. The highest BCUT2D eigenvalue weighted by Crippen LogP contribution is 2.25. The van der Waals surface area contributed by atoms with Gasteiger partial charge >= 0.3 is 6.03 Å². The molecule has 0 saturated heterocycles. The minimum Gasteiger partial charge on any atom is -0.497 e. The number of carbonyl (C=O) groups is 1. The van der Waals surface area contributed by atoms with Crippen molar-refractivity contribution in [3.63, 3.8) is 0 Å². The molecule has 3 aromatic rings. The van der Waals surface area contributed by atoms with Gasteiger partial charge in [0.1, 0.15) is 17.3 Å². The summed E-state index contributed by atoms with van der Waals surface area (Å²) in [5, 5.41) is 7.05. The highest BCUT2D eigenvalue weighted by molar-refractivity contribution is 5.74. The fourth-order valence-electron chi connectivity index (χ4n) is 2.99. The van der Waals surface area contributed by atoms with Gasteiger partial charge < -0.3 is 19.5 Å². The molecule has 0 aliphatic heterocycles. The van der Waals surface area contributed by atoms with Gasteiger partial charge in [-0.15, -0.1) is 0 Å². The molecular weight excluding hydrogens is 385 g/mol. The second kappa shape index (κ2) is 10.4. The number of rotatable bonds is 9. The molecule has 0 aliphatic carbocycles. The zero-order valence-electron chi connectivity index (χ0n) is 17.2. The normalized spacial score (nSPS) is 10.6. The predicted octanol–water partition coefficient (Wildman–Crippen LogP) is 5.00. The lowest BCUT2D eigenvalue weighted by Crippen LogP contribution is -2.39. The van der Waals surface area contributed by atoms with Crippen LogP contribution in [0.2, 0.25) is 0 Å². The van der Waals surface area contributed by atoms with Crippen molar-refractivity contribution in [3.05, 3.63) is 71.7 Å². The van der Waals surface area contributed by atoms with Crippen LogP contribution >= 0.6 is 0 Å². The first-order chi connectivity index (χ1) is 14.6. The van der Waals surface area contributed by atoms with Crippen LogP contribution in [0.25, 0.3) is 11.3 Å². The average molecular weight is 411 g/mol. The van der Waals surface area contributed by atoms with E-state index in [2.05, 4.69) is 17.4 Å². The number of urea groups is 1. The Morgan fingerprint density at radius 1 is 1.17 bits per heavy atom. The van der Waals surface area contributed by atoms with Crippen molar-refractivity contribution in [2.24, 2.45) is 0 Å². The molecule has 0 bridgehead atoms. The maximum absolute atomic E-state index is 13.2. The predicted molar refractivity (Wildman–Crippen MR) is 112 cm³/mol. The van der Waals surface area contributed by atoms with E-state index in [-0.39, 0.29) is 18.4 Å². The molecule has 2 aromatic carbocycles. The third-order valence-corrected chi connectivity index (χ3v) is 4.65. The summed E-state index contributed by atoms with van der Waals surface area (Å²) in [6, 6.07) is 15.2. The van der Waals surface area contributed by atoms with Crippen LogP contribution < -0.4 is 10.1 Å². The molecule has 0 unspecified atom stereocenters. The molecule has 0 atom stereocenters. The topological polar surface area (TPSA) is 67.6 Å². The van der Waals surface area contributed by atoms with Gasteiger partial charge in [0, 0.05) is 24.7 Å². The van der Waals surface area contributed by atoms with E-state index in [1.807, 2.05) is 30.3 Å². The van der Waals surface area contributed by atoms with Crippen LogP contribution in [0.15, 0.2) is 59.1 Å². The Bertz CT molecular complexity index is 956. The van der Waals surface area contributed by atoms with Gasteiger partial charge in [-0.2, -0.15) is 0 Å². The number of nitrogens with zero attached hydrogens (tertiary/aromatic N) is 2. The van der Waals surface area contributed by atoms with Crippen molar-refractivity contribution in [2.45, 2.75) is 32.9 Å². The molecule has 0 aliphatic rings. The molecule has 1 N–H and O–H groups in total. The molecule has 1 aromatic heterocycles. The van der Waals surface area contributed by atoms with E-state index in [0.29, 0.717) is 24.5 Å². The first kappa shape index (κ1) is 21.4. The number of carbonyl (C=O) groups excluding carboxylic acids is 1. The van der Waals surface area contributed by atoms with Gasteiger partial charge in [-0.25, -0.2) is 9.18 Å². The molecule has 1 heterocycles. The number of methoxy groups -OCH3 is 1. The maximum Gasteiger partial charge on any atom is 0.318 e. The molecule has 0 fully saturated rings. The summed E-state index contributed by atoms with van der Waals surface area (Å²) in [6.07, 6.45) is 1.89. The van der Waals surface area contributed by atoms with Crippen molar-refractivity contribution in [3.8, 4) is 17.1 Å². The fraction of sp³-hybridized carbons (Fsp3) is 0.304. The molecular formula is C23H26FN3O3. The second-order valence-corrected chi connectivity index (χ2v) is 6.98. The largest absolute Gasteiger partial charge is 0.497 e. The molecule has 0 saturated carbocycles. The Morgan fingerprint density at radius 2 is 1.97 bits per heavy atom. The smallest absolute Gasteiger partial charge is 0.318 e. The summed E-state index contributed by atoms with van der Waals surface area (Å²) >= 11 is 0. The Kier molecular flexibility index (Phi) is 7.43. The average Bonchev–Trinajstić information content (AvgIpc) is 3.23. The van der Waals surface area contributed by atoms with E-state index in [9.17, 15) is 9.18 Å². The number of unbranched alkanes of at least 4 members (excludes halogenated alkanes) is 1. The molecule has 30 heavy (non-hydrogen) atoms. The first-order valence-corrected chi connectivity index (χ1v) is 9.96. The van der Waals surface area contributed by atoms with Gasteiger partial charge in [0.05, 0.1) is 13.7 Å². The van der Waals surface area contributed by atoms with Crippen molar-refractivity contribution in [2.75, 3.05) is 13.7 Å². The number of hydrogen-bond acceptors (Lipinski definition) is 4. The molecule has 0 spiro atoms. The van der Waals surface area contributed by atoms with Crippen LogP contribution in [0.5, 0.6) is 5.75 Å². The molecule has 0 radical (unpaired) electrons. The van der Waals surface area contributed by atoms with Crippen LogP contribution in [0, 0.1) is 5.82 Å². The SMILES string of the molecule is CCCCNC(=O)N(Cc1ccc(F)cc1)Cc1cc(-c2cccc(OC)c2)on1. The van der Waals surface area contributed by atoms with E-state index < -0.39 is 0 Å². The molecule has 3 rings (SSSR count). The molecule has 6 nitrogen and oxygen atoms in total. The highest BCUT2D eigenvalue weighted by atomic mass is 19.1. The van der Waals surface area contributed by atoms with Gasteiger partial charge in [0.25, 0.3) is 0 Å². The summed E-state index contributed by atoms with van der Waals surface area (Å²) in [5.74, 6) is 1.01. The quantitative estimate of drug-likeness (QED) is 0.503. The van der Waals surface area contributed by atoms with Gasteiger partial charge in [-0.1, -0.05) is 42.8 Å². The van der Waals surface area contributed by atoms with Crippen LogP contribution in [-0.4, -0.2) is 29.7 Å². The third-order valence-electron chi connectivity index (χ3n) is 4.65. The van der Waals surface area contributed by atoms with Gasteiger partial charge in [-0.05, 0) is 36.2 Å². The van der Waals surface area contributed by atoms with E-state index in [0.717, 1.165) is 29.7 Å². The summed E-state index contributed by atoms with van der Waals surface area (Å²) in [4.78, 5) is 14.4. The number of ether oxygens (including phenoxy) is 1. The lowest BCUT2D eigenvalue weighted by atomic mass is 10.1. The summed E-state index contributed by atoms with van der Waals surface area (Å²) in [6.45, 7) is 3.27. The first-order valence-electron chi connectivity index (χ1n) is 9.96. The Labute approximate surface area is 175 Å². The number of amides is 2. The fourth-order valence-corrected chi connectivity index (χ4v) is 2.99. The minimum absolute atomic E-state index is 0.196. The second-order valence-electron chi connectivity index (χ2n) is 6.98. The van der Waals surface area contributed by atoms with Crippen LogP contribution in [0.1, 0.15) is 31.0 Å². The molecule has 158 valence electrons. The van der Waals surface area contributed by atoms with E-state index in [4.69, 9.17) is 9.26 Å². The van der Waals surface area contributed by atoms with E-state index in [1.165, 1.54) is 12.1 Å². The Balaban J connectivity index is 1.75. The number of nitrogens with one attached hydrogen (secondary N) is 1. The lowest BCUT2D eigenvalue weighted by Gasteiger charge is -2.22. The van der Waals surface area contributed by atoms with Gasteiger partial charge in [-0.3, -0.25) is 0 Å². The van der Waals surface area contributed by atoms with Crippen molar-refractivity contribution < 1.29 is 18.4 Å².